The van der Waals surface area contributed by atoms with Gasteiger partial charge in [0.15, 0.2) is 0 Å². The summed E-state index contributed by atoms with van der Waals surface area (Å²) in [6.07, 6.45) is 9.37. The predicted octanol–water partition coefficient (Wildman–Crippen LogP) is 2.63. The van der Waals surface area contributed by atoms with E-state index in [0.29, 0.717) is 13.1 Å². The third kappa shape index (κ3) is 6.57. The molecule has 0 aliphatic carbocycles. The highest BCUT2D eigenvalue weighted by atomic mass is 16.5. The van der Waals surface area contributed by atoms with Crippen molar-refractivity contribution >= 4 is 18.0 Å². The zero-order chi connectivity index (χ0) is 20.4. The summed E-state index contributed by atoms with van der Waals surface area (Å²) in [6.45, 7) is 3.34. The molecule has 0 aliphatic heterocycles. The largest absolute Gasteiger partial charge is 0.497 e. The average Bonchev–Trinajstić information content (AvgIpc) is 3.24. The number of esters is 1. The molecule has 2 rings (SSSR count). The zero-order valence-corrected chi connectivity index (χ0v) is 16.6. The number of hydrogen-bond acceptors (Lipinski definition) is 5. The van der Waals surface area contributed by atoms with Gasteiger partial charge in [-0.1, -0.05) is 19.1 Å². The van der Waals surface area contributed by atoms with Crippen LogP contribution in [0.2, 0.25) is 0 Å². The van der Waals surface area contributed by atoms with Crippen molar-refractivity contribution in [3.05, 3.63) is 54.6 Å². The van der Waals surface area contributed by atoms with Crippen molar-refractivity contribution in [2.24, 2.45) is 5.92 Å². The minimum atomic E-state index is -0.396. The molecule has 0 spiro atoms. The molecule has 0 radical (unpaired) electrons. The summed E-state index contributed by atoms with van der Waals surface area (Å²) in [6, 6.07) is 7.46. The Hall–Kier alpha value is -3.09. The van der Waals surface area contributed by atoms with Crippen LogP contribution in [0, 0.1) is 5.92 Å². The molecule has 1 heterocycles. The first-order valence-corrected chi connectivity index (χ1v) is 9.18. The zero-order valence-electron chi connectivity index (χ0n) is 16.6. The molecule has 28 heavy (non-hydrogen) atoms. The van der Waals surface area contributed by atoms with Crippen LogP contribution in [0.4, 0.5) is 0 Å². The van der Waals surface area contributed by atoms with Gasteiger partial charge in [-0.3, -0.25) is 9.59 Å². The van der Waals surface area contributed by atoms with E-state index in [-0.39, 0.29) is 11.9 Å². The molecule has 0 saturated carbocycles. The van der Waals surface area contributed by atoms with Gasteiger partial charge in [0.2, 0.25) is 5.91 Å². The van der Waals surface area contributed by atoms with Crippen LogP contribution in [0.1, 0.15) is 18.9 Å². The molecule has 1 amide bonds. The third-order valence-corrected chi connectivity index (χ3v) is 4.33. The highest BCUT2D eigenvalue weighted by molar-refractivity contribution is 5.92. The first-order chi connectivity index (χ1) is 13.5. The molecule has 1 aromatic carbocycles. The Morgan fingerprint density at radius 3 is 2.82 bits per heavy atom. The third-order valence-electron chi connectivity index (χ3n) is 4.33. The van der Waals surface area contributed by atoms with Crippen molar-refractivity contribution in [2.45, 2.75) is 19.9 Å². The van der Waals surface area contributed by atoms with Gasteiger partial charge in [0.05, 0.1) is 26.5 Å². The first kappa shape index (κ1) is 21.2. The van der Waals surface area contributed by atoms with Gasteiger partial charge in [-0.05, 0) is 30.2 Å². The fourth-order valence-electron chi connectivity index (χ4n) is 2.78. The van der Waals surface area contributed by atoms with E-state index in [2.05, 4.69) is 4.98 Å². The molecule has 1 unspecified atom stereocenters. The van der Waals surface area contributed by atoms with Crippen LogP contribution in [0.5, 0.6) is 5.75 Å². The summed E-state index contributed by atoms with van der Waals surface area (Å²) in [4.78, 5) is 30.2. The molecule has 1 atom stereocenters. The number of methoxy groups -OCH3 is 2. The van der Waals surface area contributed by atoms with Gasteiger partial charge in [-0.2, -0.15) is 0 Å². The number of carbonyl (C=O) groups excluding carboxylic acids is 2. The Balaban J connectivity index is 2.03. The minimum Gasteiger partial charge on any atom is -0.497 e. The summed E-state index contributed by atoms with van der Waals surface area (Å²) in [5.74, 6) is -0.146. The van der Waals surface area contributed by atoms with Crippen molar-refractivity contribution in [3.8, 4) is 5.75 Å². The molecule has 150 valence electrons. The van der Waals surface area contributed by atoms with E-state index in [9.17, 15) is 9.59 Å². The van der Waals surface area contributed by atoms with Crippen LogP contribution in [-0.2, 0) is 20.9 Å². The molecule has 1 aromatic heterocycles. The minimum absolute atomic E-state index is 0.149. The quantitative estimate of drug-likeness (QED) is 0.464. The number of benzene rings is 1. The number of nitrogens with zero attached hydrogens (tertiary/aromatic N) is 3. The lowest BCUT2D eigenvalue weighted by Gasteiger charge is -2.24. The molecule has 0 saturated heterocycles. The summed E-state index contributed by atoms with van der Waals surface area (Å²) in [5.41, 5.74) is 0.868. The Morgan fingerprint density at radius 2 is 2.14 bits per heavy atom. The lowest BCUT2D eigenvalue weighted by Crippen LogP contribution is -2.37. The molecular weight excluding hydrogens is 358 g/mol. The molecule has 0 bridgehead atoms. The van der Waals surface area contributed by atoms with Crippen molar-refractivity contribution in [2.75, 3.05) is 27.3 Å². The van der Waals surface area contributed by atoms with Crippen molar-refractivity contribution < 1.29 is 19.1 Å². The standard InChI is InChI=1S/C21H27N3O4/c1-17(21(26)28-3)15-24(12-5-11-23-13-10-22-16-23)20(25)9-8-18-6-4-7-19(14-18)27-2/h4,6-10,13-14,16-17H,5,11-12,15H2,1-3H3/b9-8+. The highest BCUT2D eigenvalue weighted by Gasteiger charge is 2.20. The van der Waals surface area contributed by atoms with E-state index in [1.807, 2.05) is 35.0 Å². The predicted molar refractivity (Wildman–Crippen MR) is 107 cm³/mol. The van der Waals surface area contributed by atoms with E-state index in [1.54, 1.807) is 37.5 Å². The number of rotatable bonds is 10. The molecule has 2 aromatic rings. The van der Waals surface area contributed by atoms with E-state index < -0.39 is 5.92 Å². The Kier molecular flexibility index (Phi) is 8.27. The Morgan fingerprint density at radius 1 is 1.32 bits per heavy atom. The maximum absolute atomic E-state index is 12.7. The van der Waals surface area contributed by atoms with E-state index in [1.165, 1.54) is 13.2 Å². The highest BCUT2D eigenvalue weighted by Crippen LogP contribution is 2.14. The van der Waals surface area contributed by atoms with Crippen LogP contribution in [0.15, 0.2) is 49.1 Å². The summed E-state index contributed by atoms with van der Waals surface area (Å²) in [7, 11) is 2.96. The maximum atomic E-state index is 12.7. The molecular formula is C21H27N3O4. The Bertz CT molecular complexity index is 787. The summed E-state index contributed by atoms with van der Waals surface area (Å²) >= 11 is 0. The van der Waals surface area contributed by atoms with Crippen molar-refractivity contribution in [3.63, 3.8) is 0 Å². The van der Waals surface area contributed by atoms with Gasteiger partial charge in [0, 0.05) is 38.1 Å². The van der Waals surface area contributed by atoms with Gasteiger partial charge in [0.25, 0.3) is 0 Å². The van der Waals surface area contributed by atoms with Crippen LogP contribution in [0.25, 0.3) is 6.08 Å². The topological polar surface area (TPSA) is 73.7 Å². The lowest BCUT2D eigenvalue weighted by molar-refractivity contribution is -0.146. The number of amides is 1. The lowest BCUT2D eigenvalue weighted by atomic mass is 10.1. The molecule has 0 aliphatic rings. The smallest absolute Gasteiger partial charge is 0.310 e. The van der Waals surface area contributed by atoms with Crippen LogP contribution < -0.4 is 4.74 Å². The molecule has 7 heteroatoms. The molecule has 0 fully saturated rings. The average molecular weight is 385 g/mol. The van der Waals surface area contributed by atoms with E-state index in [0.717, 1.165) is 24.3 Å². The van der Waals surface area contributed by atoms with Gasteiger partial charge in [0.1, 0.15) is 5.75 Å². The second-order valence-electron chi connectivity index (χ2n) is 6.47. The summed E-state index contributed by atoms with van der Waals surface area (Å²) < 4.78 is 11.9. The van der Waals surface area contributed by atoms with E-state index >= 15 is 0 Å². The molecule has 0 N–H and O–H groups in total. The van der Waals surface area contributed by atoms with Gasteiger partial charge < -0.3 is 18.9 Å². The van der Waals surface area contributed by atoms with Crippen LogP contribution in [0.3, 0.4) is 0 Å². The number of aromatic nitrogens is 2. The monoisotopic (exact) mass is 385 g/mol. The fraction of sp³-hybridized carbons (Fsp3) is 0.381. The second-order valence-corrected chi connectivity index (χ2v) is 6.47. The fourth-order valence-corrected chi connectivity index (χ4v) is 2.78. The van der Waals surface area contributed by atoms with Crippen molar-refractivity contribution in [1.29, 1.82) is 0 Å². The summed E-state index contributed by atoms with van der Waals surface area (Å²) in [5, 5.41) is 0. The van der Waals surface area contributed by atoms with Gasteiger partial charge in [-0.15, -0.1) is 0 Å². The van der Waals surface area contributed by atoms with Crippen molar-refractivity contribution in [1.82, 2.24) is 14.5 Å². The first-order valence-electron chi connectivity index (χ1n) is 9.18. The van der Waals surface area contributed by atoms with Crippen LogP contribution >= 0.6 is 0 Å². The number of ether oxygens (including phenoxy) is 2. The van der Waals surface area contributed by atoms with Gasteiger partial charge in [-0.25, -0.2) is 4.98 Å². The SMILES string of the molecule is COC(=O)C(C)CN(CCCn1ccnc1)C(=O)/C=C/c1cccc(OC)c1. The Labute approximate surface area is 165 Å². The van der Waals surface area contributed by atoms with Crippen LogP contribution in [-0.4, -0.2) is 53.6 Å². The maximum Gasteiger partial charge on any atom is 0.310 e. The second kappa shape index (κ2) is 10.9. The normalized spacial score (nSPS) is 12.0. The molecule has 7 nitrogen and oxygen atoms in total. The van der Waals surface area contributed by atoms with Gasteiger partial charge >= 0.3 is 5.97 Å². The van der Waals surface area contributed by atoms with E-state index in [4.69, 9.17) is 9.47 Å². The number of imidazole rings is 1. The number of carbonyl (C=O) groups is 2. The number of hydrogen-bond donors (Lipinski definition) is 0. The number of aryl methyl sites for hydroxylation is 1.